The summed E-state index contributed by atoms with van der Waals surface area (Å²) in [7, 11) is -2.14. The number of hydrogen-bond acceptors (Lipinski definition) is 5. The van der Waals surface area contributed by atoms with E-state index in [1.165, 1.54) is 18.0 Å². The smallest absolute Gasteiger partial charge is 0.328 e. The van der Waals surface area contributed by atoms with Crippen LogP contribution in [-0.4, -0.2) is 55.3 Å². The minimum Gasteiger partial charge on any atom is -0.415 e. The van der Waals surface area contributed by atoms with Gasteiger partial charge in [-0.2, -0.15) is 0 Å². The summed E-state index contributed by atoms with van der Waals surface area (Å²) in [5, 5.41) is 12.2. The average Bonchev–Trinajstić information content (AvgIpc) is 2.66. The van der Waals surface area contributed by atoms with Crippen molar-refractivity contribution in [1.82, 2.24) is 10.2 Å². The monoisotopic (exact) mass is 434 g/mol. The first-order valence-corrected chi connectivity index (χ1v) is 12.8. The number of allylic oxidation sites excluding steroid dienone is 1. The van der Waals surface area contributed by atoms with Crippen LogP contribution < -0.4 is 5.32 Å². The lowest BCUT2D eigenvalue weighted by Crippen LogP contribution is -2.51. The molecular weight excluding hydrogens is 400 g/mol. The molecule has 166 valence electrons. The number of urea groups is 1. The van der Waals surface area contributed by atoms with E-state index in [1.54, 1.807) is 37.3 Å². The van der Waals surface area contributed by atoms with Crippen molar-refractivity contribution in [3.05, 3.63) is 47.7 Å². The molecule has 1 aromatic carbocycles. The normalized spacial score (nSPS) is 13.5. The summed E-state index contributed by atoms with van der Waals surface area (Å²) >= 11 is 0. The van der Waals surface area contributed by atoms with Gasteiger partial charge in [0.05, 0.1) is 19.3 Å². The van der Waals surface area contributed by atoms with Gasteiger partial charge in [-0.1, -0.05) is 39.0 Å². The number of nitrogens with zero attached hydrogens (tertiary/aromatic N) is 1. The summed E-state index contributed by atoms with van der Waals surface area (Å²) in [6.07, 6.45) is 1.35. The van der Waals surface area contributed by atoms with E-state index in [-0.39, 0.29) is 24.0 Å². The van der Waals surface area contributed by atoms with Gasteiger partial charge in [0.1, 0.15) is 0 Å². The highest BCUT2D eigenvalue weighted by Gasteiger charge is 2.38. The van der Waals surface area contributed by atoms with E-state index in [4.69, 9.17) is 4.43 Å². The number of hydrogen-bond donors (Lipinski definition) is 2. The molecule has 7 nitrogen and oxygen atoms in total. The van der Waals surface area contributed by atoms with Crippen molar-refractivity contribution >= 4 is 26.0 Å². The van der Waals surface area contributed by atoms with E-state index in [1.807, 2.05) is 0 Å². The summed E-state index contributed by atoms with van der Waals surface area (Å²) in [6.45, 7) is 13.1. The van der Waals surface area contributed by atoms with Crippen molar-refractivity contribution in [1.29, 1.82) is 0 Å². The predicted octanol–water partition coefficient (Wildman–Crippen LogP) is 3.71. The van der Waals surface area contributed by atoms with E-state index in [0.29, 0.717) is 11.1 Å². The topological polar surface area (TPSA) is 95.9 Å². The number of rotatable bonds is 8. The Morgan fingerprint density at radius 3 is 2.20 bits per heavy atom. The molecule has 1 rings (SSSR count). The molecule has 0 bridgehead atoms. The maximum Gasteiger partial charge on any atom is 0.328 e. The number of carbonyl (C=O) groups excluding carboxylic acids is 3. The highest BCUT2D eigenvalue weighted by atomic mass is 28.4. The molecule has 0 spiro atoms. The van der Waals surface area contributed by atoms with Gasteiger partial charge in [-0.15, -0.1) is 0 Å². The third-order valence-corrected chi connectivity index (χ3v) is 9.93. The lowest BCUT2D eigenvalue weighted by molar-refractivity contribution is -0.113. The second-order valence-corrected chi connectivity index (χ2v) is 13.6. The molecule has 0 aliphatic carbocycles. The third kappa shape index (κ3) is 7.19. The first-order chi connectivity index (χ1) is 13.8. The zero-order chi connectivity index (χ0) is 23.1. The molecule has 1 aromatic rings. The number of nitrogens with one attached hydrogen (secondary N) is 1. The Bertz CT molecular complexity index is 784. The minimum atomic E-state index is -2.14. The highest BCUT2D eigenvalue weighted by Crippen LogP contribution is 2.36. The first kappa shape index (κ1) is 25.7. The van der Waals surface area contributed by atoms with Crippen LogP contribution in [0.4, 0.5) is 4.79 Å². The van der Waals surface area contributed by atoms with Crippen LogP contribution in [0.25, 0.3) is 0 Å². The zero-order valence-electron chi connectivity index (χ0n) is 19.0. The Labute approximate surface area is 180 Å². The van der Waals surface area contributed by atoms with Gasteiger partial charge in [0.25, 0.3) is 5.91 Å². The number of Topliss-reactive ketones (excluding diaryl/α,β-unsaturated/α-hetero) is 1. The van der Waals surface area contributed by atoms with Crippen LogP contribution in [0, 0.1) is 0 Å². The van der Waals surface area contributed by atoms with Crippen molar-refractivity contribution < 1.29 is 23.9 Å². The maximum atomic E-state index is 12.9. The van der Waals surface area contributed by atoms with Crippen molar-refractivity contribution in [3.8, 4) is 0 Å². The Morgan fingerprint density at radius 2 is 1.73 bits per heavy atom. The van der Waals surface area contributed by atoms with Gasteiger partial charge in [-0.3, -0.25) is 19.8 Å². The summed E-state index contributed by atoms with van der Waals surface area (Å²) in [4.78, 5) is 38.2. The van der Waals surface area contributed by atoms with Gasteiger partial charge in [0.2, 0.25) is 0 Å². The van der Waals surface area contributed by atoms with Crippen LogP contribution >= 0.6 is 0 Å². The number of ketones is 1. The fourth-order valence-electron chi connectivity index (χ4n) is 2.19. The number of benzene rings is 1. The molecule has 0 radical (unpaired) electrons. The molecule has 0 saturated heterocycles. The molecule has 0 aromatic heterocycles. The van der Waals surface area contributed by atoms with Crippen molar-refractivity contribution in [3.63, 3.8) is 0 Å². The minimum absolute atomic E-state index is 0.0471. The van der Waals surface area contributed by atoms with Crippen LogP contribution in [0.15, 0.2) is 42.1 Å². The molecule has 2 N–H and O–H groups in total. The molecule has 0 aliphatic rings. The third-order valence-electron chi connectivity index (χ3n) is 5.43. The van der Waals surface area contributed by atoms with E-state index in [0.717, 1.165) is 0 Å². The maximum absolute atomic E-state index is 12.9. The fourth-order valence-corrected chi connectivity index (χ4v) is 3.24. The zero-order valence-corrected chi connectivity index (χ0v) is 20.0. The van der Waals surface area contributed by atoms with E-state index in [2.05, 4.69) is 39.2 Å². The number of aliphatic hydroxyl groups excluding tert-OH is 1. The van der Waals surface area contributed by atoms with Crippen LogP contribution in [-0.2, 0) is 9.22 Å². The van der Waals surface area contributed by atoms with Gasteiger partial charge in [-0.05, 0) is 44.1 Å². The number of carbonyl (C=O) groups is 3. The van der Waals surface area contributed by atoms with E-state index >= 15 is 0 Å². The Morgan fingerprint density at radius 1 is 1.17 bits per heavy atom. The lowest BCUT2D eigenvalue weighted by Gasteiger charge is -2.38. The molecule has 8 heteroatoms. The molecular formula is C22H34N2O5Si. The molecule has 0 aliphatic heterocycles. The average molecular weight is 435 g/mol. The second-order valence-electron chi connectivity index (χ2n) is 8.81. The summed E-state index contributed by atoms with van der Waals surface area (Å²) in [5.74, 6) is -0.786. The number of amides is 3. The van der Waals surface area contributed by atoms with Crippen LogP contribution in [0.1, 0.15) is 45.0 Å². The van der Waals surface area contributed by atoms with E-state index < -0.39 is 26.3 Å². The SMILES string of the molecule is CC(=O)/C(C)=C\N(C(=O)NC(=O)c1ccccc1)C(CO)CO[Si](C)(C)C(C)(C)C. The molecule has 0 heterocycles. The second kappa shape index (κ2) is 10.7. The van der Waals surface area contributed by atoms with Crippen molar-refractivity contribution in [2.24, 2.45) is 0 Å². The lowest BCUT2D eigenvalue weighted by atomic mass is 10.2. The molecule has 1 atom stereocenters. The van der Waals surface area contributed by atoms with Crippen LogP contribution in [0.3, 0.4) is 0 Å². The molecule has 30 heavy (non-hydrogen) atoms. The Balaban J connectivity index is 3.11. The molecule has 3 amide bonds. The van der Waals surface area contributed by atoms with Gasteiger partial charge >= 0.3 is 6.03 Å². The highest BCUT2D eigenvalue weighted by molar-refractivity contribution is 6.74. The standard InChI is InChI=1S/C22H34N2O5Si/c1-16(17(2)26)13-24(19(14-25)15-29-30(6,7)22(3,4)5)21(28)23-20(27)18-11-9-8-10-12-18/h8-13,19,25H,14-15H2,1-7H3,(H,23,27,28)/b16-13-. The summed E-state index contributed by atoms with van der Waals surface area (Å²) in [6, 6.07) is 6.85. The first-order valence-electron chi connectivity index (χ1n) is 9.93. The Hall–Kier alpha value is -2.29. The summed E-state index contributed by atoms with van der Waals surface area (Å²) in [5.41, 5.74) is 0.652. The van der Waals surface area contributed by atoms with Crippen LogP contribution in [0.2, 0.25) is 18.1 Å². The van der Waals surface area contributed by atoms with Crippen molar-refractivity contribution in [2.45, 2.75) is 58.8 Å². The number of imide groups is 1. The Kier molecular flexibility index (Phi) is 9.14. The fraction of sp³-hybridized carbons (Fsp3) is 0.500. The molecule has 1 unspecified atom stereocenters. The van der Waals surface area contributed by atoms with Gasteiger partial charge in [0.15, 0.2) is 14.1 Å². The molecule has 0 saturated carbocycles. The van der Waals surface area contributed by atoms with Crippen LogP contribution in [0.5, 0.6) is 0 Å². The largest absolute Gasteiger partial charge is 0.415 e. The predicted molar refractivity (Wildman–Crippen MR) is 120 cm³/mol. The van der Waals surface area contributed by atoms with Gasteiger partial charge < -0.3 is 9.53 Å². The molecule has 0 fully saturated rings. The number of aliphatic hydroxyl groups is 1. The van der Waals surface area contributed by atoms with Gasteiger partial charge in [0, 0.05) is 17.3 Å². The summed E-state index contributed by atoms with van der Waals surface area (Å²) < 4.78 is 6.17. The van der Waals surface area contributed by atoms with Crippen molar-refractivity contribution in [2.75, 3.05) is 13.2 Å². The quantitative estimate of drug-likeness (QED) is 0.480. The van der Waals surface area contributed by atoms with E-state index in [9.17, 15) is 19.5 Å². The van der Waals surface area contributed by atoms with Gasteiger partial charge in [-0.25, -0.2) is 4.79 Å².